The lowest BCUT2D eigenvalue weighted by atomic mass is 9.49. The second-order valence-electron chi connectivity index (χ2n) is 8.98. The van der Waals surface area contributed by atoms with Gasteiger partial charge >= 0.3 is 5.97 Å². The molecule has 28 heavy (non-hydrogen) atoms. The van der Waals surface area contributed by atoms with Gasteiger partial charge in [0.25, 0.3) is 5.69 Å². The molecule has 7 nitrogen and oxygen atoms in total. The summed E-state index contributed by atoms with van der Waals surface area (Å²) in [5.74, 6) is 2.99. The first kappa shape index (κ1) is 19.2. The summed E-state index contributed by atoms with van der Waals surface area (Å²) in [6.07, 6.45) is 11.2. The number of unbranched alkanes of at least 4 members (excludes halogenated alkanes) is 2. The summed E-state index contributed by atoms with van der Waals surface area (Å²) < 4.78 is 5.69. The van der Waals surface area contributed by atoms with Gasteiger partial charge < -0.3 is 10.1 Å². The Morgan fingerprint density at radius 2 is 1.82 bits per heavy atom. The van der Waals surface area contributed by atoms with Gasteiger partial charge in [-0.1, -0.05) is 0 Å². The van der Waals surface area contributed by atoms with Crippen molar-refractivity contribution < 1.29 is 14.5 Å². The predicted octanol–water partition coefficient (Wildman–Crippen LogP) is 4.33. The Morgan fingerprint density at radius 1 is 1.14 bits per heavy atom. The SMILES string of the molecule is O=C(OCCCCCNc1ccc([N+](=O)[O-])cn1)C12CC3CC(CC(C3)C1)C2. The molecule has 152 valence electrons. The molecule has 4 aliphatic rings. The van der Waals surface area contributed by atoms with Crippen molar-refractivity contribution in [2.24, 2.45) is 23.2 Å². The molecule has 7 heteroatoms. The summed E-state index contributed by atoms with van der Waals surface area (Å²) in [6, 6.07) is 3.06. The van der Waals surface area contributed by atoms with Crippen LogP contribution in [0.4, 0.5) is 11.5 Å². The molecule has 0 aliphatic heterocycles. The van der Waals surface area contributed by atoms with Crippen molar-refractivity contribution in [2.75, 3.05) is 18.5 Å². The first-order valence-corrected chi connectivity index (χ1v) is 10.6. The Hall–Kier alpha value is -2.18. The number of anilines is 1. The molecule has 4 bridgehead atoms. The first-order chi connectivity index (χ1) is 13.5. The zero-order valence-electron chi connectivity index (χ0n) is 16.3. The number of nitrogens with zero attached hydrogens (tertiary/aromatic N) is 2. The zero-order chi connectivity index (χ0) is 19.6. The van der Waals surface area contributed by atoms with Gasteiger partial charge in [-0.2, -0.15) is 0 Å². The van der Waals surface area contributed by atoms with Crippen molar-refractivity contribution in [2.45, 2.75) is 57.8 Å². The smallest absolute Gasteiger partial charge is 0.312 e. The van der Waals surface area contributed by atoms with Gasteiger partial charge in [0.15, 0.2) is 0 Å². The number of rotatable bonds is 9. The average molecular weight is 387 g/mol. The van der Waals surface area contributed by atoms with E-state index in [2.05, 4.69) is 10.3 Å². The number of nitro groups is 1. The lowest BCUT2D eigenvalue weighted by Crippen LogP contribution is -2.50. The summed E-state index contributed by atoms with van der Waals surface area (Å²) in [7, 11) is 0. The predicted molar refractivity (Wildman–Crippen MR) is 105 cm³/mol. The van der Waals surface area contributed by atoms with Gasteiger partial charge in [0, 0.05) is 12.6 Å². The number of hydrogen-bond acceptors (Lipinski definition) is 6. The highest BCUT2D eigenvalue weighted by Gasteiger charge is 2.55. The molecule has 4 saturated carbocycles. The Morgan fingerprint density at radius 3 is 2.39 bits per heavy atom. The third-order valence-corrected chi connectivity index (χ3v) is 6.79. The van der Waals surface area contributed by atoms with Crippen LogP contribution in [0.25, 0.3) is 0 Å². The largest absolute Gasteiger partial charge is 0.465 e. The molecule has 0 saturated heterocycles. The normalized spacial score (nSPS) is 30.2. The van der Waals surface area contributed by atoms with Gasteiger partial charge in [0.2, 0.25) is 0 Å². The third-order valence-electron chi connectivity index (χ3n) is 6.79. The molecule has 4 aliphatic carbocycles. The molecule has 1 N–H and O–H groups in total. The summed E-state index contributed by atoms with van der Waals surface area (Å²) in [5, 5.41) is 13.8. The first-order valence-electron chi connectivity index (χ1n) is 10.6. The highest BCUT2D eigenvalue weighted by molar-refractivity contribution is 5.77. The van der Waals surface area contributed by atoms with Crippen LogP contribution < -0.4 is 5.32 Å². The van der Waals surface area contributed by atoms with E-state index in [1.807, 2.05) is 0 Å². The Labute approximate surface area is 165 Å². The molecule has 0 spiro atoms. The van der Waals surface area contributed by atoms with Crippen LogP contribution in [0.2, 0.25) is 0 Å². The van der Waals surface area contributed by atoms with Crippen molar-refractivity contribution >= 4 is 17.5 Å². The summed E-state index contributed by atoms with van der Waals surface area (Å²) in [5.41, 5.74) is -0.163. The number of carbonyl (C=O) groups is 1. The molecule has 0 atom stereocenters. The highest BCUT2D eigenvalue weighted by Crippen LogP contribution is 2.60. The van der Waals surface area contributed by atoms with Crippen molar-refractivity contribution in [1.29, 1.82) is 0 Å². The molecular weight excluding hydrogens is 358 g/mol. The molecule has 1 heterocycles. The molecular formula is C21H29N3O4. The number of aromatic nitrogens is 1. The van der Waals surface area contributed by atoms with E-state index in [9.17, 15) is 14.9 Å². The molecule has 4 fully saturated rings. The molecule has 0 aromatic carbocycles. The van der Waals surface area contributed by atoms with Crippen LogP contribution in [0, 0.1) is 33.3 Å². The Kier molecular flexibility index (Phi) is 5.51. The highest BCUT2D eigenvalue weighted by atomic mass is 16.6. The van der Waals surface area contributed by atoms with Crippen molar-refractivity contribution in [3.05, 3.63) is 28.4 Å². The minimum Gasteiger partial charge on any atom is -0.465 e. The van der Waals surface area contributed by atoms with Gasteiger partial charge in [-0.15, -0.1) is 0 Å². The van der Waals surface area contributed by atoms with E-state index in [1.165, 1.54) is 31.5 Å². The number of hydrogen-bond donors (Lipinski definition) is 1. The summed E-state index contributed by atoms with van der Waals surface area (Å²) in [6.45, 7) is 1.25. The number of esters is 1. The van der Waals surface area contributed by atoms with E-state index < -0.39 is 4.92 Å². The van der Waals surface area contributed by atoms with Gasteiger partial charge in [0.1, 0.15) is 12.0 Å². The van der Waals surface area contributed by atoms with Gasteiger partial charge in [-0.05, 0) is 81.6 Å². The molecule has 0 unspecified atom stereocenters. The minimum absolute atomic E-state index is 0.00797. The van der Waals surface area contributed by atoms with E-state index in [0.717, 1.165) is 62.8 Å². The van der Waals surface area contributed by atoms with Crippen molar-refractivity contribution in [3.8, 4) is 0 Å². The monoisotopic (exact) mass is 387 g/mol. The van der Waals surface area contributed by atoms with Crippen molar-refractivity contribution in [3.63, 3.8) is 0 Å². The topological polar surface area (TPSA) is 94.4 Å². The van der Waals surface area contributed by atoms with Crippen LogP contribution in [0.5, 0.6) is 0 Å². The van der Waals surface area contributed by atoms with E-state index in [-0.39, 0.29) is 17.1 Å². The molecule has 1 aromatic rings. The fourth-order valence-electron chi connectivity index (χ4n) is 5.90. The van der Waals surface area contributed by atoms with Crippen LogP contribution in [0.1, 0.15) is 57.8 Å². The third kappa shape index (κ3) is 4.13. The molecule has 0 amide bonds. The lowest BCUT2D eigenvalue weighted by Gasteiger charge is -2.55. The van der Waals surface area contributed by atoms with Gasteiger partial charge in [-0.3, -0.25) is 14.9 Å². The Bertz CT molecular complexity index is 684. The Balaban J connectivity index is 1.11. The fourth-order valence-corrected chi connectivity index (χ4v) is 5.90. The zero-order valence-corrected chi connectivity index (χ0v) is 16.3. The van der Waals surface area contributed by atoms with Gasteiger partial charge in [0.05, 0.1) is 16.9 Å². The van der Waals surface area contributed by atoms with Crippen LogP contribution in [-0.4, -0.2) is 29.0 Å². The number of pyridine rings is 1. The molecule has 1 aromatic heterocycles. The van der Waals surface area contributed by atoms with Crippen LogP contribution in [-0.2, 0) is 9.53 Å². The van der Waals surface area contributed by atoms with E-state index in [1.54, 1.807) is 6.07 Å². The minimum atomic E-state index is -0.457. The number of carbonyl (C=O) groups excluding carboxylic acids is 1. The van der Waals surface area contributed by atoms with Gasteiger partial charge in [-0.25, -0.2) is 4.98 Å². The number of nitrogens with one attached hydrogen (secondary N) is 1. The molecule has 5 rings (SSSR count). The molecule has 0 radical (unpaired) electrons. The maximum absolute atomic E-state index is 12.8. The quantitative estimate of drug-likeness (QED) is 0.293. The average Bonchev–Trinajstić information content (AvgIpc) is 2.66. The standard InChI is InChI=1S/C21H29N3O4/c25-20(21-11-15-8-16(12-21)10-17(9-15)13-21)28-7-3-1-2-6-22-19-5-4-18(14-23-19)24(26)27/h4-5,14-17H,1-3,6-13H2,(H,22,23). The van der Waals surface area contributed by atoms with E-state index in [0.29, 0.717) is 12.4 Å². The summed E-state index contributed by atoms with van der Waals surface area (Å²) >= 11 is 0. The maximum Gasteiger partial charge on any atom is 0.312 e. The van der Waals surface area contributed by atoms with Crippen LogP contribution >= 0.6 is 0 Å². The fraction of sp³-hybridized carbons (Fsp3) is 0.714. The van der Waals surface area contributed by atoms with Crippen LogP contribution in [0.15, 0.2) is 18.3 Å². The van der Waals surface area contributed by atoms with Crippen LogP contribution in [0.3, 0.4) is 0 Å². The second kappa shape index (κ2) is 8.05. The van der Waals surface area contributed by atoms with E-state index in [4.69, 9.17) is 4.74 Å². The second-order valence-corrected chi connectivity index (χ2v) is 8.98. The maximum atomic E-state index is 12.8. The number of ether oxygens (including phenoxy) is 1. The lowest BCUT2D eigenvalue weighted by molar-refractivity contribution is -0.385. The van der Waals surface area contributed by atoms with Crippen molar-refractivity contribution in [1.82, 2.24) is 4.98 Å². The summed E-state index contributed by atoms with van der Waals surface area (Å²) in [4.78, 5) is 26.9. The van der Waals surface area contributed by atoms with E-state index >= 15 is 0 Å².